The van der Waals surface area contributed by atoms with Crippen LogP contribution >= 0.6 is 0 Å². The Bertz CT molecular complexity index is 579. The Morgan fingerprint density at radius 3 is 2.71 bits per heavy atom. The van der Waals surface area contributed by atoms with Gasteiger partial charge in [0.1, 0.15) is 5.82 Å². The van der Waals surface area contributed by atoms with Gasteiger partial charge in [-0.05, 0) is 36.2 Å². The first kappa shape index (κ1) is 11.1. The van der Waals surface area contributed by atoms with Crippen LogP contribution in [0.5, 0.6) is 0 Å². The SMILES string of the molecule is Cc1cc(-c2cccc(C(=O)O)c2)cnc1N. The van der Waals surface area contributed by atoms with E-state index in [-0.39, 0.29) is 5.56 Å². The van der Waals surface area contributed by atoms with E-state index in [4.69, 9.17) is 10.8 Å². The van der Waals surface area contributed by atoms with Gasteiger partial charge in [-0.3, -0.25) is 0 Å². The molecule has 0 radical (unpaired) electrons. The predicted molar refractivity (Wildman–Crippen MR) is 65.8 cm³/mol. The van der Waals surface area contributed by atoms with Gasteiger partial charge in [0, 0.05) is 11.8 Å². The van der Waals surface area contributed by atoms with Crippen molar-refractivity contribution < 1.29 is 9.90 Å². The summed E-state index contributed by atoms with van der Waals surface area (Å²) in [6.07, 6.45) is 1.64. The molecule has 1 aromatic heterocycles. The van der Waals surface area contributed by atoms with Gasteiger partial charge in [-0.2, -0.15) is 0 Å². The molecule has 0 atom stereocenters. The molecule has 0 aliphatic rings. The molecule has 0 saturated carbocycles. The average Bonchev–Trinajstić information content (AvgIpc) is 2.33. The number of anilines is 1. The monoisotopic (exact) mass is 228 g/mol. The predicted octanol–water partition coefficient (Wildman–Crippen LogP) is 2.34. The minimum atomic E-state index is -0.938. The van der Waals surface area contributed by atoms with Gasteiger partial charge < -0.3 is 10.8 Å². The average molecular weight is 228 g/mol. The molecule has 3 N–H and O–H groups in total. The van der Waals surface area contributed by atoms with Crippen molar-refractivity contribution >= 4 is 11.8 Å². The maximum Gasteiger partial charge on any atom is 0.335 e. The highest BCUT2D eigenvalue weighted by Gasteiger charge is 2.06. The molecule has 0 aliphatic carbocycles. The topological polar surface area (TPSA) is 76.2 Å². The second-order valence-corrected chi connectivity index (χ2v) is 3.81. The van der Waals surface area contributed by atoms with Crippen molar-refractivity contribution in [2.45, 2.75) is 6.92 Å². The van der Waals surface area contributed by atoms with E-state index >= 15 is 0 Å². The molecule has 4 heteroatoms. The molecule has 2 aromatic rings. The van der Waals surface area contributed by atoms with Gasteiger partial charge in [0.25, 0.3) is 0 Å². The third kappa shape index (κ3) is 2.25. The number of rotatable bonds is 2. The molecule has 0 amide bonds. The van der Waals surface area contributed by atoms with Gasteiger partial charge >= 0.3 is 5.97 Å². The summed E-state index contributed by atoms with van der Waals surface area (Å²) < 4.78 is 0. The molecular weight excluding hydrogens is 216 g/mol. The molecule has 1 aromatic carbocycles. The number of aromatic nitrogens is 1. The number of carbonyl (C=O) groups is 1. The number of nitrogens with zero attached hydrogens (tertiary/aromatic N) is 1. The molecule has 0 bridgehead atoms. The molecule has 0 fully saturated rings. The summed E-state index contributed by atoms with van der Waals surface area (Å²) in [7, 11) is 0. The first-order valence-corrected chi connectivity index (χ1v) is 5.14. The number of nitrogen functional groups attached to an aromatic ring is 1. The zero-order valence-electron chi connectivity index (χ0n) is 9.34. The van der Waals surface area contributed by atoms with Crippen molar-refractivity contribution in [3.05, 3.63) is 47.7 Å². The summed E-state index contributed by atoms with van der Waals surface area (Å²) in [5.41, 5.74) is 8.46. The van der Waals surface area contributed by atoms with Crippen LogP contribution < -0.4 is 5.73 Å². The maximum absolute atomic E-state index is 10.9. The Morgan fingerprint density at radius 1 is 1.29 bits per heavy atom. The van der Waals surface area contributed by atoms with Crippen LogP contribution in [0.2, 0.25) is 0 Å². The number of benzene rings is 1. The molecule has 86 valence electrons. The van der Waals surface area contributed by atoms with E-state index in [2.05, 4.69) is 4.98 Å². The number of aromatic carboxylic acids is 1. The van der Waals surface area contributed by atoms with Crippen LogP contribution in [-0.4, -0.2) is 16.1 Å². The van der Waals surface area contributed by atoms with Crippen LogP contribution in [0.3, 0.4) is 0 Å². The lowest BCUT2D eigenvalue weighted by Gasteiger charge is -2.05. The van der Waals surface area contributed by atoms with Gasteiger partial charge in [-0.1, -0.05) is 12.1 Å². The lowest BCUT2D eigenvalue weighted by molar-refractivity contribution is 0.0697. The maximum atomic E-state index is 10.9. The molecule has 0 spiro atoms. The Balaban J connectivity index is 2.49. The zero-order valence-corrected chi connectivity index (χ0v) is 9.34. The van der Waals surface area contributed by atoms with E-state index in [0.29, 0.717) is 5.82 Å². The lowest BCUT2D eigenvalue weighted by atomic mass is 10.0. The fraction of sp³-hybridized carbons (Fsp3) is 0.0769. The highest BCUT2D eigenvalue weighted by atomic mass is 16.4. The van der Waals surface area contributed by atoms with Crippen molar-refractivity contribution in [1.29, 1.82) is 0 Å². The van der Waals surface area contributed by atoms with Crippen LogP contribution in [0.4, 0.5) is 5.82 Å². The molecular formula is C13H12N2O2. The highest BCUT2D eigenvalue weighted by Crippen LogP contribution is 2.22. The van der Waals surface area contributed by atoms with E-state index in [1.54, 1.807) is 24.4 Å². The smallest absolute Gasteiger partial charge is 0.335 e. The number of hydrogen-bond acceptors (Lipinski definition) is 3. The molecule has 2 rings (SSSR count). The number of nitrogens with two attached hydrogens (primary N) is 1. The van der Waals surface area contributed by atoms with Crippen molar-refractivity contribution in [3.8, 4) is 11.1 Å². The Kier molecular flexibility index (Phi) is 2.78. The normalized spacial score (nSPS) is 10.2. The van der Waals surface area contributed by atoms with Crippen molar-refractivity contribution in [1.82, 2.24) is 4.98 Å². The van der Waals surface area contributed by atoms with Gasteiger partial charge in [0.15, 0.2) is 0 Å². The molecule has 0 aliphatic heterocycles. The fourth-order valence-corrected chi connectivity index (χ4v) is 1.58. The van der Waals surface area contributed by atoms with Gasteiger partial charge in [0.2, 0.25) is 0 Å². The zero-order chi connectivity index (χ0) is 12.4. The first-order valence-electron chi connectivity index (χ1n) is 5.14. The Morgan fingerprint density at radius 2 is 2.06 bits per heavy atom. The van der Waals surface area contributed by atoms with Crippen LogP contribution in [0, 0.1) is 6.92 Å². The number of carboxylic acid groups (broad SMARTS) is 1. The molecule has 4 nitrogen and oxygen atoms in total. The van der Waals surface area contributed by atoms with Gasteiger partial charge in [-0.25, -0.2) is 9.78 Å². The van der Waals surface area contributed by atoms with Gasteiger partial charge in [0.05, 0.1) is 5.56 Å². The Labute approximate surface area is 98.7 Å². The van der Waals surface area contributed by atoms with Crippen LogP contribution in [0.15, 0.2) is 36.5 Å². The number of pyridine rings is 1. The van der Waals surface area contributed by atoms with Crippen molar-refractivity contribution in [3.63, 3.8) is 0 Å². The van der Waals surface area contributed by atoms with Gasteiger partial charge in [-0.15, -0.1) is 0 Å². The number of aryl methyl sites for hydroxylation is 1. The summed E-state index contributed by atoms with van der Waals surface area (Å²) in [6.45, 7) is 1.87. The van der Waals surface area contributed by atoms with Crippen molar-refractivity contribution in [2.24, 2.45) is 0 Å². The fourth-order valence-electron chi connectivity index (χ4n) is 1.58. The summed E-state index contributed by atoms with van der Waals surface area (Å²) in [6, 6.07) is 8.63. The summed E-state index contributed by atoms with van der Waals surface area (Å²) in [5, 5.41) is 8.92. The Hall–Kier alpha value is -2.36. The van der Waals surface area contributed by atoms with E-state index < -0.39 is 5.97 Å². The van der Waals surface area contributed by atoms with Crippen LogP contribution in [0.1, 0.15) is 15.9 Å². The molecule has 17 heavy (non-hydrogen) atoms. The lowest BCUT2D eigenvalue weighted by Crippen LogP contribution is -1.97. The third-order valence-corrected chi connectivity index (χ3v) is 2.56. The molecule has 1 heterocycles. The third-order valence-electron chi connectivity index (χ3n) is 2.56. The number of carboxylic acids is 1. The summed E-state index contributed by atoms with van der Waals surface area (Å²) >= 11 is 0. The minimum Gasteiger partial charge on any atom is -0.478 e. The molecule has 0 unspecified atom stereocenters. The standard InChI is InChI=1S/C13H12N2O2/c1-8-5-11(7-15-12(8)14)9-3-2-4-10(6-9)13(16)17/h2-7H,1H3,(H2,14,15)(H,16,17). The van der Waals surface area contributed by atoms with Crippen LogP contribution in [-0.2, 0) is 0 Å². The molecule has 0 saturated heterocycles. The minimum absolute atomic E-state index is 0.261. The quantitative estimate of drug-likeness (QED) is 0.827. The number of hydrogen-bond donors (Lipinski definition) is 2. The second-order valence-electron chi connectivity index (χ2n) is 3.81. The van der Waals surface area contributed by atoms with E-state index in [1.807, 2.05) is 19.1 Å². The van der Waals surface area contributed by atoms with E-state index in [1.165, 1.54) is 0 Å². The second kappa shape index (κ2) is 4.25. The largest absolute Gasteiger partial charge is 0.478 e. The summed E-state index contributed by atoms with van der Waals surface area (Å²) in [4.78, 5) is 14.9. The van der Waals surface area contributed by atoms with E-state index in [9.17, 15) is 4.79 Å². The van der Waals surface area contributed by atoms with Crippen LogP contribution in [0.25, 0.3) is 11.1 Å². The summed E-state index contributed by atoms with van der Waals surface area (Å²) in [5.74, 6) is -0.449. The highest BCUT2D eigenvalue weighted by molar-refractivity contribution is 5.89. The first-order chi connectivity index (χ1) is 8.08. The van der Waals surface area contributed by atoms with Crippen molar-refractivity contribution in [2.75, 3.05) is 5.73 Å². The van der Waals surface area contributed by atoms with E-state index in [0.717, 1.165) is 16.7 Å².